The van der Waals surface area contributed by atoms with Crippen LogP contribution in [-0.4, -0.2) is 29.7 Å². The van der Waals surface area contributed by atoms with E-state index in [0.717, 1.165) is 24.3 Å². The molecule has 1 saturated heterocycles. The molecule has 1 aliphatic carbocycles. The minimum absolute atomic E-state index is 0.640. The van der Waals surface area contributed by atoms with Gasteiger partial charge in [0.25, 0.3) is 0 Å². The zero-order valence-electron chi connectivity index (χ0n) is 11.2. The Morgan fingerprint density at radius 2 is 2.17 bits per heavy atom. The second-order valence-corrected chi connectivity index (χ2v) is 5.54. The molecule has 0 aromatic carbocycles. The van der Waals surface area contributed by atoms with Crippen molar-refractivity contribution in [1.82, 2.24) is 9.97 Å². The lowest BCUT2D eigenvalue weighted by Crippen LogP contribution is -2.35. The van der Waals surface area contributed by atoms with E-state index >= 15 is 0 Å². The van der Waals surface area contributed by atoms with Gasteiger partial charge in [-0.05, 0) is 24.7 Å². The predicted molar refractivity (Wildman–Crippen MR) is 70.8 cm³/mol. The highest BCUT2D eigenvalue weighted by atomic mass is 16.5. The molecule has 0 N–H and O–H groups in total. The zero-order chi connectivity index (χ0) is 12.5. The van der Waals surface area contributed by atoms with Crippen molar-refractivity contribution in [2.45, 2.75) is 38.6 Å². The number of fused-ring (bicyclic) bond motifs is 1. The van der Waals surface area contributed by atoms with E-state index in [2.05, 4.69) is 21.8 Å². The van der Waals surface area contributed by atoms with E-state index in [0.29, 0.717) is 11.9 Å². The normalized spacial score (nSPS) is 31.2. The van der Waals surface area contributed by atoms with Crippen LogP contribution in [0.1, 0.15) is 32.6 Å². The molecule has 3 unspecified atom stereocenters. The third-order valence-corrected chi connectivity index (χ3v) is 4.48. The third kappa shape index (κ3) is 1.93. The maximum Gasteiger partial charge on any atom is 0.228 e. The van der Waals surface area contributed by atoms with Crippen LogP contribution in [0, 0.1) is 11.8 Å². The van der Waals surface area contributed by atoms with Gasteiger partial charge in [0, 0.05) is 24.8 Å². The molecule has 0 radical (unpaired) electrons. The monoisotopic (exact) mass is 247 g/mol. The van der Waals surface area contributed by atoms with E-state index in [1.54, 1.807) is 19.4 Å². The van der Waals surface area contributed by atoms with Crippen LogP contribution < -0.4 is 9.64 Å². The molecule has 3 rings (SSSR count). The summed E-state index contributed by atoms with van der Waals surface area (Å²) in [5.74, 6) is 3.08. The van der Waals surface area contributed by atoms with Crippen LogP contribution in [0.4, 0.5) is 5.95 Å². The Bertz CT molecular complexity index is 423. The van der Waals surface area contributed by atoms with E-state index in [1.807, 2.05) is 0 Å². The van der Waals surface area contributed by atoms with Crippen LogP contribution in [-0.2, 0) is 0 Å². The van der Waals surface area contributed by atoms with Crippen molar-refractivity contribution < 1.29 is 4.74 Å². The smallest absolute Gasteiger partial charge is 0.228 e. The number of hydrogen-bond donors (Lipinski definition) is 0. The van der Waals surface area contributed by atoms with Gasteiger partial charge in [-0.2, -0.15) is 4.98 Å². The summed E-state index contributed by atoms with van der Waals surface area (Å²) in [6, 6.07) is 2.45. The summed E-state index contributed by atoms with van der Waals surface area (Å²) in [5.41, 5.74) is 0. The first-order valence-electron chi connectivity index (χ1n) is 6.93. The summed E-state index contributed by atoms with van der Waals surface area (Å²) in [6.45, 7) is 3.45. The minimum Gasteiger partial charge on any atom is -0.481 e. The topological polar surface area (TPSA) is 38.2 Å². The Balaban J connectivity index is 1.86. The highest BCUT2D eigenvalue weighted by molar-refractivity contribution is 5.36. The van der Waals surface area contributed by atoms with Gasteiger partial charge < -0.3 is 9.64 Å². The Hall–Kier alpha value is -1.32. The van der Waals surface area contributed by atoms with Gasteiger partial charge in [0.2, 0.25) is 11.8 Å². The first-order chi connectivity index (χ1) is 8.79. The van der Waals surface area contributed by atoms with Gasteiger partial charge in [-0.25, -0.2) is 4.98 Å². The maximum absolute atomic E-state index is 5.20. The SMILES string of the molecule is COc1ccnc(N2CC(C)C3CCCCC32)n1. The molecule has 4 heteroatoms. The fourth-order valence-electron chi connectivity index (χ4n) is 3.59. The molecule has 18 heavy (non-hydrogen) atoms. The molecule has 1 saturated carbocycles. The van der Waals surface area contributed by atoms with Crippen LogP contribution in [0.25, 0.3) is 0 Å². The molecule has 98 valence electrons. The molecular weight excluding hydrogens is 226 g/mol. The number of rotatable bonds is 2. The molecule has 2 fully saturated rings. The molecule has 0 spiro atoms. The van der Waals surface area contributed by atoms with Crippen LogP contribution in [0.15, 0.2) is 12.3 Å². The van der Waals surface area contributed by atoms with Gasteiger partial charge in [-0.1, -0.05) is 19.8 Å². The molecule has 2 aliphatic rings. The number of nitrogens with zero attached hydrogens (tertiary/aromatic N) is 3. The lowest BCUT2D eigenvalue weighted by Gasteiger charge is -2.32. The standard InChI is InChI=1S/C14H21N3O/c1-10-9-17(12-6-4-3-5-11(10)12)14-15-8-7-13(16-14)18-2/h7-8,10-12H,3-6,9H2,1-2H3. The van der Waals surface area contributed by atoms with Gasteiger partial charge in [-0.15, -0.1) is 0 Å². The Morgan fingerprint density at radius 1 is 1.33 bits per heavy atom. The van der Waals surface area contributed by atoms with Crippen LogP contribution in [0.2, 0.25) is 0 Å². The highest BCUT2D eigenvalue weighted by Crippen LogP contribution is 2.41. The Labute approximate surface area is 108 Å². The minimum atomic E-state index is 0.640. The van der Waals surface area contributed by atoms with Gasteiger partial charge in [0.05, 0.1) is 7.11 Å². The average molecular weight is 247 g/mol. The van der Waals surface area contributed by atoms with Crippen molar-refractivity contribution in [2.75, 3.05) is 18.6 Å². The third-order valence-electron chi connectivity index (χ3n) is 4.48. The van der Waals surface area contributed by atoms with E-state index in [-0.39, 0.29) is 0 Å². The highest BCUT2D eigenvalue weighted by Gasteiger charge is 2.41. The van der Waals surface area contributed by atoms with Crippen LogP contribution >= 0.6 is 0 Å². The first-order valence-corrected chi connectivity index (χ1v) is 6.93. The van der Waals surface area contributed by atoms with Crippen molar-refractivity contribution in [1.29, 1.82) is 0 Å². The molecule has 2 heterocycles. The quantitative estimate of drug-likeness (QED) is 0.805. The van der Waals surface area contributed by atoms with Crippen molar-refractivity contribution in [3.8, 4) is 5.88 Å². The second kappa shape index (κ2) is 4.75. The molecule has 1 aromatic rings. The summed E-state index contributed by atoms with van der Waals surface area (Å²) in [5, 5.41) is 0. The van der Waals surface area contributed by atoms with Gasteiger partial charge in [-0.3, -0.25) is 0 Å². The molecule has 4 nitrogen and oxygen atoms in total. The summed E-state index contributed by atoms with van der Waals surface area (Å²) in [6.07, 6.45) is 7.18. The van der Waals surface area contributed by atoms with Crippen LogP contribution in [0.5, 0.6) is 5.88 Å². The van der Waals surface area contributed by atoms with Crippen molar-refractivity contribution in [3.05, 3.63) is 12.3 Å². The van der Waals surface area contributed by atoms with Gasteiger partial charge in [0.1, 0.15) is 0 Å². The van der Waals surface area contributed by atoms with Gasteiger partial charge >= 0.3 is 0 Å². The fourth-order valence-corrected chi connectivity index (χ4v) is 3.59. The van der Waals surface area contributed by atoms with E-state index in [4.69, 9.17) is 4.74 Å². The van der Waals surface area contributed by atoms with Crippen molar-refractivity contribution in [2.24, 2.45) is 11.8 Å². The number of aromatic nitrogens is 2. The number of methoxy groups -OCH3 is 1. The first kappa shape index (κ1) is 11.8. The van der Waals surface area contributed by atoms with Gasteiger partial charge in [0.15, 0.2) is 0 Å². The van der Waals surface area contributed by atoms with Crippen molar-refractivity contribution >= 4 is 5.95 Å². The van der Waals surface area contributed by atoms with E-state index in [1.165, 1.54) is 25.7 Å². The zero-order valence-corrected chi connectivity index (χ0v) is 11.2. The average Bonchev–Trinajstić information content (AvgIpc) is 2.77. The molecule has 0 bridgehead atoms. The van der Waals surface area contributed by atoms with E-state index < -0.39 is 0 Å². The predicted octanol–water partition coefficient (Wildman–Crippen LogP) is 2.50. The molecule has 3 atom stereocenters. The second-order valence-electron chi connectivity index (χ2n) is 5.54. The van der Waals surface area contributed by atoms with E-state index in [9.17, 15) is 0 Å². The fraction of sp³-hybridized carbons (Fsp3) is 0.714. The van der Waals surface area contributed by atoms with Crippen molar-refractivity contribution in [3.63, 3.8) is 0 Å². The largest absolute Gasteiger partial charge is 0.481 e. The Kier molecular flexibility index (Phi) is 3.10. The molecule has 0 amide bonds. The number of anilines is 1. The summed E-state index contributed by atoms with van der Waals surface area (Å²) < 4.78 is 5.20. The molecule has 1 aliphatic heterocycles. The molecule has 1 aromatic heterocycles. The molecular formula is C14H21N3O. The maximum atomic E-state index is 5.20. The summed E-state index contributed by atoms with van der Waals surface area (Å²) >= 11 is 0. The number of ether oxygens (including phenoxy) is 1. The summed E-state index contributed by atoms with van der Waals surface area (Å²) in [7, 11) is 1.65. The summed E-state index contributed by atoms with van der Waals surface area (Å²) in [4.78, 5) is 11.3. The lowest BCUT2D eigenvalue weighted by atomic mass is 9.80. The van der Waals surface area contributed by atoms with Crippen LogP contribution in [0.3, 0.4) is 0 Å². The lowest BCUT2D eigenvalue weighted by molar-refractivity contribution is 0.292. The Morgan fingerprint density at radius 3 is 3.00 bits per heavy atom. The number of hydrogen-bond acceptors (Lipinski definition) is 4.